The highest BCUT2D eigenvalue weighted by Gasteiger charge is 2.01. The van der Waals surface area contributed by atoms with E-state index in [0.717, 1.165) is 20.9 Å². The summed E-state index contributed by atoms with van der Waals surface area (Å²) in [5.41, 5.74) is 3.29. The summed E-state index contributed by atoms with van der Waals surface area (Å²) in [6.07, 6.45) is 0. The van der Waals surface area contributed by atoms with Crippen LogP contribution in [0.4, 0.5) is 4.39 Å². The second kappa shape index (κ2) is 5.11. The topological polar surface area (TPSA) is 0 Å². The van der Waals surface area contributed by atoms with E-state index in [2.05, 4.69) is 44.0 Å². The number of hydrogen-bond acceptors (Lipinski definition) is 0. The Bertz CT molecular complexity index is 492. The molecule has 0 N–H and O–H groups in total. The first-order chi connectivity index (χ1) is 7.69. The Morgan fingerprint density at radius 3 is 2.25 bits per heavy atom. The molecular weight excluding hydrogens is 335 g/mol. The van der Waals surface area contributed by atoms with Gasteiger partial charge in [-0.3, -0.25) is 0 Å². The van der Waals surface area contributed by atoms with Crippen LogP contribution in [0.25, 0.3) is 11.1 Å². The van der Waals surface area contributed by atoms with Crippen LogP contribution in [-0.2, 0) is 5.33 Å². The van der Waals surface area contributed by atoms with Crippen LogP contribution in [0.1, 0.15) is 5.56 Å². The van der Waals surface area contributed by atoms with Gasteiger partial charge in [0.1, 0.15) is 5.82 Å². The van der Waals surface area contributed by atoms with Gasteiger partial charge in [0.15, 0.2) is 0 Å². The van der Waals surface area contributed by atoms with Crippen molar-refractivity contribution in [3.05, 3.63) is 58.3 Å². The maximum Gasteiger partial charge on any atom is 0.123 e. The molecule has 2 rings (SSSR count). The molecule has 2 aromatic rings. The lowest BCUT2D eigenvalue weighted by Crippen LogP contribution is -1.83. The summed E-state index contributed by atoms with van der Waals surface area (Å²) in [6.45, 7) is 0. The van der Waals surface area contributed by atoms with E-state index in [1.165, 1.54) is 17.7 Å². The van der Waals surface area contributed by atoms with Gasteiger partial charge in [-0.2, -0.15) is 0 Å². The highest BCUT2D eigenvalue weighted by atomic mass is 79.9. The van der Waals surface area contributed by atoms with E-state index in [1.807, 2.05) is 6.07 Å². The van der Waals surface area contributed by atoms with Crippen molar-refractivity contribution in [3.63, 3.8) is 0 Å². The largest absolute Gasteiger partial charge is 0.207 e. The molecule has 82 valence electrons. The lowest BCUT2D eigenvalue weighted by Gasteiger charge is -2.05. The SMILES string of the molecule is Fc1ccc(-c2cc(Br)cc(CBr)c2)cc1. The molecule has 0 atom stereocenters. The molecule has 0 saturated heterocycles. The van der Waals surface area contributed by atoms with Gasteiger partial charge in [-0.05, 0) is 41.0 Å². The minimum absolute atomic E-state index is 0.209. The maximum atomic E-state index is 12.8. The molecule has 0 aliphatic carbocycles. The molecule has 0 spiro atoms. The van der Waals surface area contributed by atoms with E-state index in [0.29, 0.717) is 0 Å². The minimum Gasteiger partial charge on any atom is -0.207 e. The number of alkyl halides is 1. The van der Waals surface area contributed by atoms with Crippen LogP contribution in [0.3, 0.4) is 0 Å². The smallest absolute Gasteiger partial charge is 0.123 e. The van der Waals surface area contributed by atoms with Crippen molar-refractivity contribution in [1.29, 1.82) is 0 Å². The molecule has 0 bridgehead atoms. The molecule has 0 heterocycles. The van der Waals surface area contributed by atoms with E-state index in [4.69, 9.17) is 0 Å². The first kappa shape index (κ1) is 11.8. The molecule has 0 aliphatic rings. The Morgan fingerprint density at radius 1 is 0.938 bits per heavy atom. The molecule has 2 aromatic carbocycles. The molecule has 0 nitrogen and oxygen atoms in total. The first-order valence-corrected chi connectivity index (χ1v) is 6.72. The maximum absolute atomic E-state index is 12.8. The van der Waals surface area contributed by atoms with E-state index in [1.54, 1.807) is 12.1 Å². The van der Waals surface area contributed by atoms with Crippen LogP contribution < -0.4 is 0 Å². The predicted molar refractivity (Wildman–Crippen MR) is 72.2 cm³/mol. The molecule has 0 aromatic heterocycles. The van der Waals surface area contributed by atoms with Crippen molar-refractivity contribution in [1.82, 2.24) is 0 Å². The number of rotatable bonds is 2. The monoisotopic (exact) mass is 342 g/mol. The lowest BCUT2D eigenvalue weighted by atomic mass is 10.0. The third-order valence-corrected chi connectivity index (χ3v) is 3.39. The molecular formula is C13H9Br2F. The second-order valence-electron chi connectivity index (χ2n) is 3.49. The van der Waals surface area contributed by atoms with Gasteiger partial charge in [-0.15, -0.1) is 0 Å². The van der Waals surface area contributed by atoms with E-state index in [-0.39, 0.29) is 5.82 Å². The fourth-order valence-electron chi connectivity index (χ4n) is 1.54. The van der Waals surface area contributed by atoms with Gasteiger partial charge in [0.2, 0.25) is 0 Å². The van der Waals surface area contributed by atoms with Crippen molar-refractivity contribution in [2.45, 2.75) is 5.33 Å². The van der Waals surface area contributed by atoms with Gasteiger partial charge in [0.05, 0.1) is 0 Å². The Morgan fingerprint density at radius 2 is 1.62 bits per heavy atom. The van der Waals surface area contributed by atoms with Crippen molar-refractivity contribution in [2.24, 2.45) is 0 Å². The summed E-state index contributed by atoms with van der Waals surface area (Å²) in [5, 5.41) is 0.806. The van der Waals surface area contributed by atoms with Crippen LogP contribution >= 0.6 is 31.9 Å². The Balaban J connectivity index is 2.47. The van der Waals surface area contributed by atoms with Gasteiger partial charge in [-0.25, -0.2) is 4.39 Å². The zero-order valence-corrected chi connectivity index (χ0v) is 11.6. The van der Waals surface area contributed by atoms with Gasteiger partial charge >= 0.3 is 0 Å². The standard InChI is InChI=1S/C13H9Br2F/c14-8-9-5-11(7-12(15)6-9)10-1-3-13(16)4-2-10/h1-7H,8H2. The van der Waals surface area contributed by atoms with Crippen LogP contribution in [0.2, 0.25) is 0 Å². The number of hydrogen-bond donors (Lipinski definition) is 0. The fraction of sp³-hybridized carbons (Fsp3) is 0.0769. The van der Waals surface area contributed by atoms with Gasteiger partial charge < -0.3 is 0 Å². The third kappa shape index (κ3) is 2.71. The summed E-state index contributed by atoms with van der Waals surface area (Å²) in [5.74, 6) is -0.209. The van der Waals surface area contributed by atoms with Crippen LogP contribution in [-0.4, -0.2) is 0 Å². The zero-order valence-electron chi connectivity index (χ0n) is 8.38. The lowest BCUT2D eigenvalue weighted by molar-refractivity contribution is 0.628. The van der Waals surface area contributed by atoms with Crippen molar-refractivity contribution >= 4 is 31.9 Å². The Labute approximate surface area is 111 Å². The van der Waals surface area contributed by atoms with Gasteiger partial charge in [-0.1, -0.05) is 50.1 Å². The summed E-state index contributed by atoms with van der Waals surface area (Å²) >= 11 is 6.90. The summed E-state index contributed by atoms with van der Waals surface area (Å²) in [4.78, 5) is 0. The highest BCUT2D eigenvalue weighted by molar-refractivity contribution is 9.10. The summed E-state index contributed by atoms with van der Waals surface area (Å²) < 4.78 is 13.8. The quantitative estimate of drug-likeness (QED) is 0.661. The molecule has 16 heavy (non-hydrogen) atoms. The van der Waals surface area contributed by atoms with Crippen molar-refractivity contribution in [3.8, 4) is 11.1 Å². The molecule has 0 unspecified atom stereocenters. The van der Waals surface area contributed by atoms with Crippen LogP contribution in [0, 0.1) is 5.82 Å². The fourth-order valence-corrected chi connectivity index (χ4v) is 2.40. The number of benzene rings is 2. The molecule has 0 radical (unpaired) electrons. The van der Waals surface area contributed by atoms with Crippen LogP contribution in [0.15, 0.2) is 46.9 Å². The van der Waals surface area contributed by atoms with Crippen LogP contribution in [0.5, 0.6) is 0 Å². The van der Waals surface area contributed by atoms with E-state index in [9.17, 15) is 4.39 Å². The average molecular weight is 344 g/mol. The second-order valence-corrected chi connectivity index (χ2v) is 4.97. The normalized spacial score (nSPS) is 10.4. The molecule has 0 fully saturated rings. The highest BCUT2D eigenvalue weighted by Crippen LogP contribution is 2.26. The predicted octanol–water partition coefficient (Wildman–Crippen LogP) is 5.15. The molecule has 0 amide bonds. The van der Waals surface area contributed by atoms with Gasteiger partial charge in [0.25, 0.3) is 0 Å². The molecule has 3 heteroatoms. The Kier molecular flexibility index (Phi) is 3.77. The van der Waals surface area contributed by atoms with E-state index >= 15 is 0 Å². The molecule has 0 saturated carbocycles. The van der Waals surface area contributed by atoms with Crippen molar-refractivity contribution in [2.75, 3.05) is 0 Å². The summed E-state index contributed by atoms with van der Waals surface area (Å²) in [6, 6.07) is 12.7. The average Bonchev–Trinajstić information content (AvgIpc) is 2.29. The number of halogens is 3. The third-order valence-electron chi connectivity index (χ3n) is 2.29. The first-order valence-electron chi connectivity index (χ1n) is 4.80. The Hall–Kier alpha value is -0.670. The summed E-state index contributed by atoms with van der Waals surface area (Å²) in [7, 11) is 0. The van der Waals surface area contributed by atoms with Gasteiger partial charge in [0, 0.05) is 9.80 Å². The minimum atomic E-state index is -0.209. The van der Waals surface area contributed by atoms with E-state index < -0.39 is 0 Å². The van der Waals surface area contributed by atoms with Crippen molar-refractivity contribution < 1.29 is 4.39 Å². The zero-order chi connectivity index (χ0) is 11.5. The molecule has 0 aliphatic heterocycles.